The molecule has 0 radical (unpaired) electrons. The Hall–Kier alpha value is -2.71. The fourth-order valence-corrected chi connectivity index (χ4v) is 2.51. The Morgan fingerprint density at radius 2 is 2.05 bits per heavy atom. The van der Waals surface area contributed by atoms with Gasteiger partial charge >= 0.3 is 0 Å². The number of nitrogens with zero attached hydrogens (tertiary/aromatic N) is 4. The average molecular weight is 291 g/mol. The average Bonchev–Trinajstić information content (AvgIpc) is 3.01. The molecule has 0 amide bonds. The topological polar surface area (TPSA) is 68.6 Å². The van der Waals surface area contributed by atoms with Crippen molar-refractivity contribution in [3.05, 3.63) is 60.0 Å². The number of aromatic nitrogens is 3. The summed E-state index contributed by atoms with van der Waals surface area (Å²) in [6.07, 6.45) is 5.99. The lowest BCUT2D eigenvalue weighted by Gasteiger charge is -2.21. The molecular weight excluding hydrogens is 274 g/mol. The van der Waals surface area contributed by atoms with E-state index in [2.05, 4.69) is 50.4 Å². The summed E-state index contributed by atoms with van der Waals surface area (Å²) in [7, 11) is 0. The van der Waals surface area contributed by atoms with Gasteiger partial charge in [-0.1, -0.05) is 18.2 Å². The van der Waals surface area contributed by atoms with Gasteiger partial charge in [0.15, 0.2) is 0 Å². The summed E-state index contributed by atoms with van der Waals surface area (Å²) in [4.78, 5) is 6.42. The smallest absolute Gasteiger partial charge is 0.0653 e. The molecule has 0 bridgehead atoms. The molecule has 1 aromatic carbocycles. The van der Waals surface area contributed by atoms with Crippen molar-refractivity contribution >= 4 is 10.9 Å². The number of hydrogen-bond donors (Lipinski definition) is 1. The first-order chi connectivity index (χ1) is 10.8. The molecule has 5 nitrogen and oxygen atoms in total. The number of pyridine rings is 1. The maximum Gasteiger partial charge on any atom is 0.0653 e. The fourth-order valence-electron chi connectivity index (χ4n) is 2.51. The first-order valence-corrected chi connectivity index (χ1v) is 7.25. The van der Waals surface area contributed by atoms with Gasteiger partial charge in [-0.25, -0.2) is 0 Å². The Kier molecular flexibility index (Phi) is 4.42. The van der Waals surface area contributed by atoms with Gasteiger partial charge in [-0.15, -0.1) is 0 Å². The summed E-state index contributed by atoms with van der Waals surface area (Å²) < 4.78 is 0. The van der Waals surface area contributed by atoms with E-state index in [0.29, 0.717) is 6.42 Å². The van der Waals surface area contributed by atoms with Gasteiger partial charge in [0, 0.05) is 43.8 Å². The number of aromatic amines is 1. The second-order valence-corrected chi connectivity index (χ2v) is 5.27. The number of H-pyrrole nitrogens is 1. The Balaban J connectivity index is 1.75. The van der Waals surface area contributed by atoms with Gasteiger partial charge in [-0.3, -0.25) is 15.0 Å². The predicted octanol–water partition coefficient (Wildman–Crippen LogP) is 2.87. The highest BCUT2D eigenvalue weighted by Crippen LogP contribution is 2.15. The molecule has 1 N–H and O–H groups in total. The Bertz CT molecular complexity index is 772. The largest absolute Gasteiger partial charge is 0.294 e. The quantitative estimate of drug-likeness (QED) is 0.758. The van der Waals surface area contributed by atoms with E-state index in [9.17, 15) is 0 Å². The van der Waals surface area contributed by atoms with Crippen molar-refractivity contribution in [2.45, 2.75) is 19.5 Å². The predicted molar refractivity (Wildman–Crippen MR) is 84.7 cm³/mol. The van der Waals surface area contributed by atoms with Crippen molar-refractivity contribution in [1.82, 2.24) is 20.1 Å². The third-order valence-electron chi connectivity index (χ3n) is 3.58. The highest BCUT2D eigenvalue weighted by atomic mass is 15.1. The van der Waals surface area contributed by atoms with Gasteiger partial charge in [-0.2, -0.15) is 10.4 Å². The van der Waals surface area contributed by atoms with Crippen LogP contribution in [0.4, 0.5) is 0 Å². The molecule has 110 valence electrons. The molecule has 0 aliphatic rings. The zero-order valence-corrected chi connectivity index (χ0v) is 12.2. The minimum absolute atomic E-state index is 0.520. The summed E-state index contributed by atoms with van der Waals surface area (Å²) in [5.41, 5.74) is 3.40. The van der Waals surface area contributed by atoms with Crippen molar-refractivity contribution in [3.63, 3.8) is 0 Å². The number of nitriles is 1. The highest BCUT2D eigenvalue weighted by Gasteiger charge is 2.08. The van der Waals surface area contributed by atoms with Crippen LogP contribution in [0.25, 0.3) is 10.9 Å². The van der Waals surface area contributed by atoms with Crippen molar-refractivity contribution < 1.29 is 0 Å². The van der Waals surface area contributed by atoms with Crippen LogP contribution in [0, 0.1) is 11.3 Å². The van der Waals surface area contributed by atoms with Crippen LogP contribution in [0.1, 0.15) is 17.5 Å². The lowest BCUT2D eigenvalue weighted by molar-refractivity contribution is 0.262. The monoisotopic (exact) mass is 291 g/mol. The molecule has 0 atom stereocenters. The summed E-state index contributed by atoms with van der Waals surface area (Å²) in [6, 6.07) is 12.5. The minimum atomic E-state index is 0.520. The molecule has 0 spiro atoms. The van der Waals surface area contributed by atoms with E-state index in [0.717, 1.165) is 36.1 Å². The van der Waals surface area contributed by atoms with Crippen LogP contribution in [0.5, 0.6) is 0 Å². The fraction of sp³-hybridized carbons (Fsp3) is 0.235. The van der Waals surface area contributed by atoms with Crippen molar-refractivity contribution in [1.29, 1.82) is 5.26 Å². The van der Waals surface area contributed by atoms with Gasteiger partial charge < -0.3 is 0 Å². The van der Waals surface area contributed by atoms with E-state index in [1.54, 1.807) is 6.20 Å². The maximum atomic E-state index is 8.86. The highest BCUT2D eigenvalue weighted by molar-refractivity contribution is 5.78. The molecule has 3 rings (SSSR count). The summed E-state index contributed by atoms with van der Waals surface area (Å²) >= 11 is 0. The molecule has 0 fully saturated rings. The minimum Gasteiger partial charge on any atom is -0.294 e. The molecule has 0 unspecified atom stereocenters. The third kappa shape index (κ3) is 3.48. The van der Waals surface area contributed by atoms with Crippen LogP contribution in [-0.4, -0.2) is 26.6 Å². The number of rotatable bonds is 6. The second kappa shape index (κ2) is 6.83. The number of benzene rings is 1. The second-order valence-electron chi connectivity index (χ2n) is 5.27. The maximum absolute atomic E-state index is 8.86. The van der Waals surface area contributed by atoms with E-state index < -0.39 is 0 Å². The van der Waals surface area contributed by atoms with Crippen LogP contribution in [-0.2, 0) is 13.1 Å². The Morgan fingerprint density at radius 1 is 1.14 bits per heavy atom. The number of nitrogens with one attached hydrogen (secondary N) is 1. The molecule has 5 heteroatoms. The van der Waals surface area contributed by atoms with Gasteiger partial charge in [0.25, 0.3) is 0 Å². The number of hydrogen-bond acceptors (Lipinski definition) is 4. The third-order valence-corrected chi connectivity index (χ3v) is 3.58. The van der Waals surface area contributed by atoms with E-state index in [-0.39, 0.29) is 0 Å². The van der Waals surface area contributed by atoms with E-state index in [1.165, 1.54) is 5.56 Å². The van der Waals surface area contributed by atoms with Gasteiger partial charge in [0.1, 0.15) is 0 Å². The molecule has 2 heterocycles. The summed E-state index contributed by atoms with van der Waals surface area (Å²) in [5, 5.41) is 17.0. The summed E-state index contributed by atoms with van der Waals surface area (Å²) in [5.74, 6) is 0. The SMILES string of the molecule is N#CCCN(Cc1cccnc1)Cc1ccc2cn[nH]c2c1. The lowest BCUT2D eigenvalue weighted by Crippen LogP contribution is -2.23. The molecule has 3 aromatic rings. The van der Waals surface area contributed by atoms with Crippen LogP contribution >= 0.6 is 0 Å². The van der Waals surface area contributed by atoms with Crippen LogP contribution < -0.4 is 0 Å². The Morgan fingerprint density at radius 3 is 2.86 bits per heavy atom. The van der Waals surface area contributed by atoms with E-state index >= 15 is 0 Å². The molecule has 22 heavy (non-hydrogen) atoms. The molecule has 0 aliphatic heterocycles. The molecule has 0 saturated carbocycles. The van der Waals surface area contributed by atoms with E-state index in [1.807, 2.05) is 18.5 Å². The number of fused-ring (bicyclic) bond motifs is 1. The van der Waals surface area contributed by atoms with Crippen LogP contribution in [0.15, 0.2) is 48.9 Å². The van der Waals surface area contributed by atoms with Crippen molar-refractivity contribution in [2.24, 2.45) is 0 Å². The molecule has 0 aliphatic carbocycles. The lowest BCUT2D eigenvalue weighted by atomic mass is 10.1. The Labute approximate surface area is 129 Å². The van der Waals surface area contributed by atoms with Crippen molar-refractivity contribution in [3.8, 4) is 6.07 Å². The van der Waals surface area contributed by atoms with Crippen molar-refractivity contribution in [2.75, 3.05) is 6.54 Å². The first kappa shape index (κ1) is 14.2. The van der Waals surface area contributed by atoms with Gasteiger partial charge in [-0.05, 0) is 23.3 Å². The van der Waals surface area contributed by atoms with E-state index in [4.69, 9.17) is 5.26 Å². The summed E-state index contributed by atoms with van der Waals surface area (Å²) in [6.45, 7) is 2.33. The van der Waals surface area contributed by atoms with Crippen LogP contribution in [0.3, 0.4) is 0 Å². The van der Waals surface area contributed by atoms with Gasteiger partial charge in [0.2, 0.25) is 0 Å². The standard InChI is InChI=1S/C17H17N5/c18-6-2-8-22(13-15-3-1-7-19-10-15)12-14-4-5-16-11-20-21-17(16)9-14/h1,3-5,7,9-11H,2,8,12-13H2,(H,20,21). The first-order valence-electron chi connectivity index (χ1n) is 7.25. The van der Waals surface area contributed by atoms with Gasteiger partial charge in [0.05, 0.1) is 17.8 Å². The molecule has 0 saturated heterocycles. The zero-order chi connectivity index (χ0) is 15.2. The molecule has 2 aromatic heterocycles. The normalized spacial score (nSPS) is 10.9. The van der Waals surface area contributed by atoms with Crippen LogP contribution in [0.2, 0.25) is 0 Å². The molecular formula is C17H17N5. The zero-order valence-electron chi connectivity index (χ0n) is 12.2.